The van der Waals surface area contributed by atoms with Crippen molar-refractivity contribution in [3.8, 4) is 5.75 Å². The lowest BCUT2D eigenvalue weighted by Gasteiger charge is -2.24. The highest BCUT2D eigenvalue weighted by atomic mass is 16.5. The fraction of sp³-hybridized carbons (Fsp3) is 0.625. The molecule has 0 amide bonds. The maximum Gasteiger partial charge on any atom is 0.119 e. The maximum atomic E-state index is 5.33. The molecule has 0 heterocycles. The van der Waals surface area contributed by atoms with Crippen molar-refractivity contribution >= 4 is 0 Å². The Morgan fingerprint density at radius 3 is 2.83 bits per heavy atom. The molecule has 1 N–H and O–H groups in total. The molecule has 1 aromatic rings. The second kappa shape index (κ2) is 6.24. The van der Waals surface area contributed by atoms with E-state index in [1.807, 2.05) is 6.07 Å². The minimum atomic E-state index is 0.469. The van der Waals surface area contributed by atoms with E-state index < -0.39 is 0 Å². The molecule has 0 saturated heterocycles. The molecule has 1 aromatic carbocycles. The molecule has 18 heavy (non-hydrogen) atoms. The van der Waals surface area contributed by atoms with Crippen molar-refractivity contribution in [2.75, 3.05) is 14.2 Å². The minimum absolute atomic E-state index is 0.469. The minimum Gasteiger partial charge on any atom is -0.497 e. The third kappa shape index (κ3) is 2.86. The summed E-state index contributed by atoms with van der Waals surface area (Å²) in [5, 5.41) is 3.50. The van der Waals surface area contributed by atoms with Crippen molar-refractivity contribution in [3.63, 3.8) is 0 Å². The van der Waals surface area contributed by atoms with Gasteiger partial charge in [0.1, 0.15) is 5.75 Å². The first-order valence-electron chi connectivity index (χ1n) is 7.09. The Bertz CT molecular complexity index is 377. The van der Waals surface area contributed by atoms with Gasteiger partial charge in [0.25, 0.3) is 0 Å². The molecule has 100 valence electrons. The van der Waals surface area contributed by atoms with Gasteiger partial charge in [0.05, 0.1) is 7.11 Å². The number of hydrogen-bond donors (Lipinski definition) is 1. The van der Waals surface area contributed by atoms with Crippen LogP contribution in [0.25, 0.3) is 0 Å². The Balaban J connectivity index is 2.12. The van der Waals surface area contributed by atoms with Crippen LogP contribution in [0.2, 0.25) is 0 Å². The summed E-state index contributed by atoms with van der Waals surface area (Å²) in [7, 11) is 3.81. The SMILES string of the molecule is CCC1CCC(C(NC)c2cccc(OC)c2)C1. The molecular weight excluding hydrogens is 222 g/mol. The number of hydrogen-bond acceptors (Lipinski definition) is 2. The zero-order valence-corrected chi connectivity index (χ0v) is 11.8. The van der Waals surface area contributed by atoms with Crippen molar-refractivity contribution < 1.29 is 4.74 Å². The van der Waals surface area contributed by atoms with Crippen molar-refractivity contribution in [2.45, 2.75) is 38.6 Å². The molecule has 0 bridgehead atoms. The van der Waals surface area contributed by atoms with E-state index >= 15 is 0 Å². The molecule has 2 rings (SSSR count). The van der Waals surface area contributed by atoms with Crippen molar-refractivity contribution in [3.05, 3.63) is 29.8 Å². The van der Waals surface area contributed by atoms with E-state index in [1.165, 1.54) is 31.2 Å². The van der Waals surface area contributed by atoms with Gasteiger partial charge in [-0.1, -0.05) is 31.9 Å². The third-order valence-corrected chi connectivity index (χ3v) is 4.39. The topological polar surface area (TPSA) is 21.3 Å². The van der Waals surface area contributed by atoms with Crippen LogP contribution in [-0.2, 0) is 0 Å². The number of nitrogens with one attached hydrogen (secondary N) is 1. The van der Waals surface area contributed by atoms with Gasteiger partial charge >= 0.3 is 0 Å². The smallest absolute Gasteiger partial charge is 0.119 e. The summed E-state index contributed by atoms with van der Waals surface area (Å²) in [4.78, 5) is 0. The third-order valence-electron chi connectivity index (χ3n) is 4.39. The van der Waals surface area contributed by atoms with Crippen molar-refractivity contribution in [1.29, 1.82) is 0 Å². The Labute approximate surface area is 111 Å². The van der Waals surface area contributed by atoms with E-state index in [0.29, 0.717) is 6.04 Å². The zero-order chi connectivity index (χ0) is 13.0. The number of ether oxygens (including phenoxy) is 1. The van der Waals surface area contributed by atoms with Crippen LogP contribution in [0.5, 0.6) is 5.75 Å². The predicted molar refractivity (Wildman–Crippen MR) is 75.9 cm³/mol. The van der Waals surface area contributed by atoms with E-state index in [-0.39, 0.29) is 0 Å². The van der Waals surface area contributed by atoms with Crippen LogP contribution in [0.3, 0.4) is 0 Å². The van der Waals surface area contributed by atoms with Crippen LogP contribution in [0, 0.1) is 11.8 Å². The van der Waals surface area contributed by atoms with E-state index in [9.17, 15) is 0 Å². The first kappa shape index (κ1) is 13.4. The molecule has 0 aliphatic heterocycles. The van der Waals surface area contributed by atoms with Gasteiger partial charge in [-0.05, 0) is 49.4 Å². The summed E-state index contributed by atoms with van der Waals surface area (Å²) in [6.45, 7) is 2.31. The Morgan fingerprint density at radius 2 is 2.22 bits per heavy atom. The quantitative estimate of drug-likeness (QED) is 0.855. The first-order valence-corrected chi connectivity index (χ1v) is 7.09. The summed E-state index contributed by atoms with van der Waals surface area (Å²) >= 11 is 0. The van der Waals surface area contributed by atoms with Crippen molar-refractivity contribution in [1.82, 2.24) is 5.32 Å². The highest BCUT2D eigenvalue weighted by molar-refractivity contribution is 5.31. The van der Waals surface area contributed by atoms with Gasteiger partial charge in [-0.2, -0.15) is 0 Å². The van der Waals surface area contributed by atoms with Crippen LogP contribution in [0.15, 0.2) is 24.3 Å². The molecule has 0 spiro atoms. The van der Waals surface area contributed by atoms with Crippen molar-refractivity contribution in [2.24, 2.45) is 11.8 Å². The Hall–Kier alpha value is -1.02. The fourth-order valence-corrected chi connectivity index (χ4v) is 3.30. The molecule has 3 atom stereocenters. The molecule has 2 nitrogen and oxygen atoms in total. The molecule has 1 fully saturated rings. The van der Waals surface area contributed by atoms with Crippen LogP contribution in [0.1, 0.15) is 44.2 Å². The molecule has 0 radical (unpaired) electrons. The summed E-state index contributed by atoms with van der Waals surface area (Å²) in [6, 6.07) is 8.95. The van der Waals surface area contributed by atoms with Crippen LogP contribution in [-0.4, -0.2) is 14.2 Å². The highest BCUT2D eigenvalue weighted by Gasteiger charge is 2.30. The number of methoxy groups -OCH3 is 1. The molecule has 3 unspecified atom stereocenters. The molecular formula is C16H25NO. The number of benzene rings is 1. The van der Waals surface area contributed by atoms with Crippen LogP contribution >= 0.6 is 0 Å². The van der Waals surface area contributed by atoms with E-state index in [2.05, 4.69) is 37.5 Å². The lowest BCUT2D eigenvalue weighted by atomic mass is 9.90. The summed E-state index contributed by atoms with van der Waals surface area (Å²) in [6.07, 6.45) is 5.43. The Kier molecular flexibility index (Phi) is 4.65. The second-order valence-corrected chi connectivity index (χ2v) is 5.39. The average Bonchev–Trinajstić information content (AvgIpc) is 2.88. The average molecular weight is 247 g/mol. The monoisotopic (exact) mass is 247 g/mol. The van der Waals surface area contributed by atoms with Gasteiger partial charge in [0.2, 0.25) is 0 Å². The molecule has 0 aromatic heterocycles. The van der Waals surface area contributed by atoms with Gasteiger partial charge in [-0.3, -0.25) is 0 Å². The molecule has 2 heteroatoms. The normalized spacial score (nSPS) is 25.1. The van der Waals surface area contributed by atoms with Gasteiger partial charge < -0.3 is 10.1 Å². The standard InChI is InChI=1S/C16H25NO/c1-4-12-8-9-14(10-12)16(17-2)13-6-5-7-15(11-13)18-3/h5-7,11-12,14,16-17H,4,8-10H2,1-3H3. The lowest BCUT2D eigenvalue weighted by molar-refractivity contribution is 0.369. The van der Waals surface area contributed by atoms with E-state index in [4.69, 9.17) is 4.74 Å². The van der Waals surface area contributed by atoms with E-state index in [0.717, 1.165) is 17.6 Å². The number of rotatable bonds is 5. The highest BCUT2D eigenvalue weighted by Crippen LogP contribution is 2.40. The fourth-order valence-electron chi connectivity index (χ4n) is 3.30. The first-order chi connectivity index (χ1) is 8.78. The van der Waals surface area contributed by atoms with Crippen LogP contribution in [0.4, 0.5) is 0 Å². The Morgan fingerprint density at radius 1 is 1.39 bits per heavy atom. The largest absolute Gasteiger partial charge is 0.497 e. The maximum absolute atomic E-state index is 5.33. The zero-order valence-electron chi connectivity index (χ0n) is 11.8. The van der Waals surface area contributed by atoms with Gasteiger partial charge in [-0.25, -0.2) is 0 Å². The van der Waals surface area contributed by atoms with Gasteiger partial charge in [0, 0.05) is 6.04 Å². The van der Waals surface area contributed by atoms with Crippen LogP contribution < -0.4 is 10.1 Å². The van der Waals surface area contributed by atoms with Gasteiger partial charge in [0.15, 0.2) is 0 Å². The summed E-state index contributed by atoms with van der Waals surface area (Å²) in [5.74, 6) is 2.65. The summed E-state index contributed by atoms with van der Waals surface area (Å²) < 4.78 is 5.33. The predicted octanol–water partition coefficient (Wildman–Crippen LogP) is 3.78. The van der Waals surface area contributed by atoms with E-state index in [1.54, 1.807) is 7.11 Å². The molecule has 1 aliphatic rings. The second-order valence-electron chi connectivity index (χ2n) is 5.39. The summed E-state index contributed by atoms with van der Waals surface area (Å²) in [5.41, 5.74) is 1.36. The molecule has 1 aliphatic carbocycles. The lowest BCUT2D eigenvalue weighted by Crippen LogP contribution is -2.23. The molecule has 1 saturated carbocycles. The van der Waals surface area contributed by atoms with Gasteiger partial charge in [-0.15, -0.1) is 0 Å².